The summed E-state index contributed by atoms with van der Waals surface area (Å²) >= 11 is 6.19. The van der Waals surface area contributed by atoms with Crippen molar-refractivity contribution in [2.24, 2.45) is 0 Å². The molecule has 0 aliphatic carbocycles. The molecule has 0 saturated heterocycles. The molecule has 0 amide bonds. The average molecular weight is 399 g/mol. The lowest BCUT2D eigenvalue weighted by Crippen LogP contribution is -2.35. The Morgan fingerprint density at radius 1 is 1.00 bits per heavy atom. The number of nitrogens with zero attached hydrogens (tertiary/aromatic N) is 1. The molecule has 132 valence electrons. The van der Waals surface area contributed by atoms with Gasteiger partial charge in [-0.1, -0.05) is 35.9 Å². The lowest BCUT2D eigenvalue weighted by atomic mass is 10.2. The number of rotatable bonds is 5. The fourth-order valence-corrected chi connectivity index (χ4v) is 5.65. The lowest BCUT2D eigenvalue weighted by Gasteiger charge is -2.24. The van der Waals surface area contributed by atoms with Crippen LogP contribution in [0, 0.1) is 0 Å². The van der Waals surface area contributed by atoms with E-state index in [1.807, 2.05) is 0 Å². The Morgan fingerprint density at radius 3 is 2.32 bits per heavy atom. The molecule has 0 saturated carbocycles. The van der Waals surface area contributed by atoms with Crippen molar-refractivity contribution in [1.82, 2.24) is 4.98 Å². The minimum absolute atomic E-state index is 0.00214. The first kappa shape index (κ1) is 17.8. The number of aromatic nitrogens is 1. The Balaban J connectivity index is 2.28. The summed E-state index contributed by atoms with van der Waals surface area (Å²) in [6.07, 6.45) is 2.52. The zero-order chi connectivity index (χ0) is 18.2. The van der Waals surface area contributed by atoms with Gasteiger partial charge in [0.05, 0.1) is 15.6 Å². The molecule has 0 aliphatic rings. The van der Waals surface area contributed by atoms with Gasteiger partial charge >= 0.3 is 0 Å². The highest BCUT2D eigenvalue weighted by Gasteiger charge is 2.29. The van der Waals surface area contributed by atoms with Crippen molar-refractivity contribution in [2.45, 2.75) is 4.90 Å². The topological polar surface area (TPSA) is 87.3 Å². The van der Waals surface area contributed by atoms with Crippen LogP contribution in [0.25, 0.3) is 10.9 Å². The Bertz CT molecular complexity index is 1120. The minimum atomic E-state index is -4.09. The molecular formula is C16H15ClN2O4S2. The molecule has 1 heterocycles. The van der Waals surface area contributed by atoms with Gasteiger partial charge in [0, 0.05) is 23.4 Å². The quantitative estimate of drug-likeness (QED) is 0.715. The van der Waals surface area contributed by atoms with E-state index in [2.05, 4.69) is 4.98 Å². The highest BCUT2D eigenvalue weighted by molar-refractivity contribution is 7.95. The summed E-state index contributed by atoms with van der Waals surface area (Å²) in [5.74, 6) is -0.690. The van der Waals surface area contributed by atoms with Crippen molar-refractivity contribution in [1.29, 1.82) is 0 Å². The molecular weight excluding hydrogens is 384 g/mol. The number of benzene rings is 2. The second-order valence-electron chi connectivity index (χ2n) is 5.56. The first-order valence-electron chi connectivity index (χ1n) is 7.21. The smallest absolute Gasteiger partial charge is 0.265 e. The van der Waals surface area contributed by atoms with Gasteiger partial charge in [0.25, 0.3) is 10.0 Å². The molecule has 0 fully saturated rings. The summed E-state index contributed by atoms with van der Waals surface area (Å²) in [5, 5.41) is 0.764. The summed E-state index contributed by atoms with van der Waals surface area (Å²) in [6, 6.07) is 12.6. The molecule has 0 aliphatic heterocycles. The molecule has 25 heavy (non-hydrogen) atoms. The second kappa shape index (κ2) is 6.36. The van der Waals surface area contributed by atoms with E-state index in [1.165, 1.54) is 24.4 Å². The lowest BCUT2D eigenvalue weighted by molar-refractivity contribution is 0.586. The van der Waals surface area contributed by atoms with E-state index in [0.717, 1.165) is 10.6 Å². The molecule has 1 aromatic heterocycles. The molecule has 9 heteroatoms. The number of aromatic amines is 1. The predicted octanol–water partition coefficient (Wildman–Crippen LogP) is 3.02. The molecule has 0 bridgehead atoms. The standard InChI is InChI=1S/C16H15ClN2O4S2/c1-24(20,21)11-19(25(22,23)12-6-3-2-4-7-12)15-9-5-8-14-16(15)13(17)10-18-14/h2-10,18H,11H2,1H3. The molecule has 2 aromatic carbocycles. The number of hydrogen-bond acceptors (Lipinski definition) is 4. The number of fused-ring (bicyclic) bond motifs is 1. The Morgan fingerprint density at radius 2 is 1.68 bits per heavy atom. The largest absolute Gasteiger partial charge is 0.360 e. The molecule has 3 rings (SSSR count). The van der Waals surface area contributed by atoms with Gasteiger partial charge < -0.3 is 4.98 Å². The Hall–Kier alpha value is -2.03. The van der Waals surface area contributed by atoms with Gasteiger partial charge in [-0.05, 0) is 24.3 Å². The van der Waals surface area contributed by atoms with Crippen molar-refractivity contribution in [3.63, 3.8) is 0 Å². The van der Waals surface area contributed by atoms with Crippen LogP contribution in [0.4, 0.5) is 5.69 Å². The zero-order valence-electron chi connectivity index (χ0n) is 13.2. The van der Waals surface area contributed by atoms with E-state index < -0.39 is 25.7 Å². The van der Waals surface area contributed by atoms with Gasteiger partial charge in [0.2, 0.25) is 0 Å². The van der Waals surface area contributed by atoms with Crippen molar-refractivity contribution >= 4 is 48.1 Å². The molecule has 6 nitrogen and oxygen atoms in total. The van der Waals surface area contributed by atoms with Gasteiger partial charge in [-0.25, -0.2) is 16.8 Å². The van der Waals surface area contributed by atoms with Crippen LogP contribution in [0.2, 0.25) is 5.02 Å². The van der Waals surface area contributed by atoms with E-state index in [0.29, 0.717) is 15.9 Å². The normalized spacial score (nSPS) is 12.4. The maximum Gasteiger partial charge on any atom is 0.265 e. The monoisotopic (exact) mass is 398 g/mol. The number of hydrogen-bond donors (Lipinski definition) is 1. The number of H-pyrrole nitrogens is 1. The highest BCUT2D eigenvalue weighted by Crippen LogP contribution is 2.35. The van der Waals surface area contributed by atoms with Crippen molar-refractivity contribution in [3.05, 3.63) is 59.8 Å². The van der Waals surface area contributed by atoms with E-state index in [4.69, 9.17) is 11.6 Å². The van der Waals surface area contributed by atoms with Gasteiger partial charge in [-0.15, -0.1) is 0 Å². The molecule has 3 aromatic rings. The van der Waals surface area contributed by atoms with Crippen LogP contribution < -0.4 is 4.31 Å². The van der Waals surface area contributed by atoms with E-state index in [9.17, 15) is 16.8 Å². The van der Waals surface area contributed by atoms with Crippen molar-refractivity contribution < 1.29 is 16.8 Å². The minimum Gasteiger partial charge on any atom is -0.360 e. The number of nitrogens with one attached hydrogen (secondary N) is 1. The van der Waals surface area contributed by atoms with Crippen molar-refractivity contribution in [3.8, 4) is 0 Å². The summed E-state index contributed by atoms with van der Waals surface area (Å²) < 4.78 is 50.9. The Kier molecular flexibility index (Phi) is 4.52. The third-order valence-corrected chi connectivity index (χ3v) is 6.55. The van der Waals surface area contributed by atoms with Gasteiger partial charge in [0.15, 0.2) is 9.84 Å². The fourth-order valence-electron chi connectivity index (χ4n) is 2.53. The molecule has 0 unspecified atom stereocenters. The third-order valence-electron chi connectivity index (χ3n) is 3.59. The summed E-state index contributed by atoms with van der Waals surface area (Å²) in [6.45, 7) is 0. The summed E-state index contributed by atoms with van der Waals surface area (Å²) in [4.78, 5) is 2.94. The van der Waals surface area contributed by atoms with Gasteiger partial charge in [0.1, 0.15) is 5.88 Å². The number of halogens is 1. The summed E-state index contributed by atoms with van der Waals surface area (Å²) in [5.41, 5.74) is 0.822. The van der Waals surface area contributed by atoms with Crippen LogP contribution in [-0.4, -0.2) is 34.0 Å². The number of sulfonamides is 1. The van der Waals surface area contributed by atoms with Gasteiger partial charge in [-0.2, -0.15) is 0 Å². The fraction of sp³-hybridized carbons (Fsp3) is 0.125. The Labute approximate surface area is 151 Å². The van der Waals surface area contributed by atoms with Crippen molar-refractivity contribution in [2.75, 3.05) is 16.4 Å². The SMILES string of the molecule is CS(=O)(=O)CN(c1cccc2[nH]cc(Cl)c12)S(=O)(=O)c1ccccc1. The van der Waals surface area contributed by atoms with E-state index >= 15 is 0 Å². The van der Waals surface area contributed by atoms with Crippen LogP contribution in [0.1, 0.15) is 0 Å². The molecule has 0 radical (unpaired) electrons. The molecule has 1 N–H and O–H groups in total. The first-order valence-corrected chi connectivity index (χ1v) is 11.1. The number of sulfone groups is 1. The zero-order valence-corrected chi connectivity index (χ0v) is 15.6. The third kappa shape index (κ3) is 3.51. The van der Waals surface area contributed by atoms with E-state index in [1.54, 1.807) is 30.3 Å². The van der Waals surface area contributed by atoms with Gasteiger partial charge in [-0.3, -0.25) is 4.31 Å². The van der Waals surface area contributed by atoms with Crippen LogP contribution >= 0.6 is 11.6 Å². The predicted molar refractivity (Wildman–Crippen MR) is 99.1 cm³/mol. The molecule has 0 atom stereocenters. The first-order chi connectivity index (χ1) is 11.7. The average Bonchev–Trinajstić information content (AvgIpc) is 2.94. The highest BCUT2D eigenvalue weighted by atomic mass is 35.5. The second-order valence-corrected chi connectivity index (χ2v) is 9.94. The van der Waals surface area contributed by atoms with Crippen LogP contribution in [-0.2, 0) is 19.9 Å². The number of anilines is 1. The summed E-state index contributed by atoms with van der Waals surface area (Å²) in [7, 11) is -7.73. The van der Waals surface area contributed by atoms with Crippen LogP contribution in [0.5, 0.6) is 0 Å². The van der Waals surface area contributed by atoms with E-state index in [-0.39, 0.29) is 10.6 Å². The van der Waals surface area contributed by atoms with Crippen LogP contribution in [0.15, 0.2) is 59.6 Å². The van der Waals surface area contributed by atoms with Crippen LogP contribution in [0.3, 0.4) is 0 Å². The molecule has 0 spiro atoms. The maximum absolute atomic E-state index is 13.1. The maximum atomic E-state index is 13.1.